The van der Waals surface area contributed by atoms with Crippen LogP contribution in [0.25, 0.3) is 0 Å². The van der Waals surface area contributed by atoms with Gasteiger partial charge < -0.3 is 20.3 Å². The number of benzene rings is 1. The zero-order valence-corrected chi connectivity index (χ0v) is 20.5. The fraction of sp³-hybridized carbons (Fsp3) is 0.619. The highest BCUT2D eigenvalue weighted by Gasteiger charge is 2.27. The van der Waals surface area contributed by atoms with Crippen molar-refractivity contribution in [1.82, 2.24) is 15.5 Å². The Hall–Kier alpha value is -1.65. The van der Waals surface area contributed by atoms with Crippen LogP contribution in [0.15, 0.2) is 23.2 Å². The molecule has 1 atom stereocenters. The highest BCUT2D eigenvalue weighted by Crippen LogP contribution is 2.19. The smallest absolute Gasteiger partial charge is 0.410 e. The van der Waals surface area contributed by atoms with Crippen molar-refractivity contribution in [3.05, 3.63) is 35.4 Å². The molecule has 0 bridgehead atoms. The molecule has 1 fully saturated rings. The molecule has 1 unspecified atom stereocenters. The van der Waals surface area contributed by atoms with Crippen LogP contribution < -0.4 is 10.6 Å². The van der Waals surface area contributed by atoms with Gasteiger partial charge in [-0.1, -0.05) is 0 Å². The normalized spacial score (nSPS) is 17.2. The van der Waals surface area contributed by atoms with Gasteiger partial charge in [0.15, 0.2) is 5.96 Å². The average Bonchev–Trinajstić information content (AvgIpc) is 2.65. The van der Waals surface area contributed by atoms with Gasteiger partial charge in [-0.2, -0.15) is 0 Å². The molecule has 2 rings (SSSR count). The first-order valence-electron chi connectivity index (χ1n) is 10.1. The van der Waals surface area contributed by atoms with Crippen molar-refractivity contribution >= 4 is 36.0 Å². The standard InChI is InChI=1S/C21H32F2N4O2.HI/c1-5-24-19(26-13-16-11-17(22)8-9-18(16)23)25-12-15-7-6-10-27(14-15)20(28)29-21(2,3)4;/h8-9,11,15H,5-7,10,12-14H2,1-4H3,(H2,24,25,26);1H. The van der Waals surface area contributed by atoms with Gasteiger partial charge in [0.1, 0.15) is 17.2 Å². The number of nitrogens with one attached hydrogen (secondary N) is 2. The molecule has 0 spiro atoms. The molecule has 170 valence electrons. The second-order valence-corrected chi connectivity index (χ2v) is 8.25. The maximum atomic E-state index is 13.8. The summed E-state index contributed by atoms with van der Waals surface area (Å²) in [6.07, 6.45) is 1.61. The molecule has 0 aromatic heterocycles. The number of hydrogen-bond donors (Lipinski definition) is 2. The number of rotatable bonds is 5. The maximum Gasteiger partial charge on any atom is 0.410 e. The highest BCUT2D eigenvalue weighted by atomic mass is 127. The van der Waals surface area contributed by atoms with Gasteiger partial charge in [-0.3, -0.25) is 0 Å². The van der Waals surface area contributed by atoms with Crippen LogP contribution in [-0.4, -0.2) is 48.7 Å². The Morgan fingerprint density at radius 3 is 2.70 bits per heavy atom. The lowest BCUT2D eigenvalue weighted by Gasteiger charge is -2.34. The van der Waals surface area contributed by atoms with E-state index >= 15 is 0 Å². The van der Waals surface area contributed by atoms with E-state index < -0.39 is 17.2 Å². The number of hydrogen-bond acceptors (Lipinski definition) is 3. The summed E-state index contributed by atoms with van der Waals surface area (Å²) in [5.41, 5.74) is -0.310. The van der Waals surface area contributed by atoms with Crippen LogP contribution in [0.5, 0.6) is 0 Å². The van der Waals surface area contributed by atoms with E-state index in [0.717, 1.165) is 31.0 Å². The summed E-state index contributed by atoms with van der Waals surface area (Å²) in [5.74, 6) is -0.179. The molecule has 1 amide bonds. The first-order chi connectivity index (χ1) is 13.7. The first kappa shape index (κ1) is 26.4. The van der Waals surface area contributed by atoms with Gasteiger partial charge >= 0.3 is 6.09 Å². The molecule has 1 aliphatic heterocycles. The van der Waals surface area contributed by atoms with Crippen LogP contribution in [0.4, 0.5) is 13.6 Å². The Morgan fingerprint density at radius 1 is 1.30 bits per heavy atom. The van der Waals surface area contributed by atoms with E-state index in [0.29, 0.717) is 32.1 Å². The lowest BCUT2D eigenvalue weighted by atomic mass is 9.98. The fourth-order valence-corrected chi connectivity index (χ4v) is 3.14. The topological polar surface area (TPSA) is 66.0 Å². The number of likely N-dealkylation sites (tertiary alicyclic amines) is 1. The second-order valence-electron chi connectivity index (χ2n) is 8.25. The SMILES string of the molecule is CCNC(=NCc1cc(F)ccc1F)NCC1CCCN(C(=O)OC(C)(C)C)C1.I. The van der Waals surface area contributed by atoms with Crippen LogP contribution in [0, 0.1) is 17.6 Å². The number of nitrogens with zero attached hydrogens (tertiary/aromatic N) is 2. The number of guanidine groups is 1. The van der Waals surface area contributed by atoms with Crippen LogP contribution in [-0.2, 0) is 11.3 Å². The minimum atomic E-state index is -0.515. The summed E-state index contributed by atoms with van der Waals surface area (Å²) in [7, 11) is 0. The van der Waals surface area contributed by atoms with E-state index in [2.05, 4.69) is 15.6 Å². The summed E-state index contributed by atoms with van der Waals surface area (Å²) in [6, 6.07) is 3.35. The number of amides is 1. The predicted molar refractivity (Wildman–Crippen MR) is 125 cm³/mol. The highest BCUT2D eigenvalue weighted by molar-refractivity contribution is 14.0. The number of aliphatic imine (C=N–C) groups is 1. The summed E-state index contributed by atoms with van der Waals surface area (Å²) in [5, 5.41) is 6.36. The van der Waals surface area contributed by atoms with E-state index in [1.807, 2.05) is 27.7 Å². The molecule has 9 heteroatoms. The number of halogens is 3. The molecule has 30 heavy (non-hydrogen) atoms. The van der Waals surface area contributed by atoms with E-state index in [1.165, 1.54) is 0 Å². The first-order valence-corrected chi connectivity index (χ1v) is 10.1. The van der Waals surface area contributed by atoms with E-state index in [4.69, 9.17) is 4.74 Å². The van der Waals surface area contributed by atoms with Gasteiger partial charge in [0.2, 0.25) is 0 Å². The summed E-state index contributed by atoms with van der Waals surface area (Å²) in [4.78, 5) is 18.4. The molecule has 6 nitrogen and oxygen atoms in total. The lowest BCUT2D eigenvalue weighted by Crippen LogP contribution is -2.47. The second kappa shape index (κ2) is 12.3. The third-order valence-electron chi connectivity index (χ3n) is 4.49. The van der Waals surface area contributed by atoms with Gasteiger partial charge in [0.25, 0.3) is 0 Å². The molecule has 1 saturated heterocycles. The Morgan fingerprint density at radius 2 is 2.03 bits per heavy atom. The zero-order valence-electron chi connectivity index (χ0n) is 18.1. The van der Waals surface area contributed by atoms with Gasteiger partial charge in [0, 0.05) is 31.7 Å². The van der Waals surface area contributed by atoms with Crippen molar-refractivity contribution in [3.8, 4) is 0 Å². The number of piperidine rings is 1. The van der Waals surface area contributed by atoms with Crippen LogP contribution in [0.1, 0.15) is 46.1 Å². The largest absolute Gasteiger partial charge is 0.444 e. The average molecular weight is 538 g/mol. The van der Waals surface area contributed by atoms with E-state index in [9.17, 15) is 13.6 Å². The Kier molecular flexibility index (Phi) is 10.8. The molecular weight excluding hydrogens is 505 g/mol. The molecule has 1 aromatic rings. The molecule has 0 aliphatic carbocycles. The van der Waals surface area contributed by atoms with Crippen molar-refractivity contribution in [2.45, 2.75) is 52.7 Å². The van der Waals surface area contributed by atoms with Crippen molar-refractivity contribution < 1.29 is 18.3 Å². The minimum Gasteiger partial charge on any atom is -0.444 e. The van der Waals surface area contributed by atoms with Crippen LogP contribution >= 0.6 is 24.0 Å². The molecule has 1 heterocycles. The van der Waals surface area contributed by atoms with Crippen molar-refractivity contribution in [2.24, 2.45) is 10.9 Å². The van der Waals surface area contributed by atoms with Crippen molar-refractivity contribution in [1.29, 1.82) is 0 Å². The van der Waals surface area contributed by atoms with Gasteiger partial charge in [-0.15, -0.1) is 24.0 Å². The van der Waals surface area contributed by atoms with Gasteiger partial charge in [-0.25, -0.2) is 18.6 Å². The van der Waals surface area contributed by atoms with E-state index in [1.54, 1.807) is 4.90 Å². The van der Waals surface area contributed by atoms with Crippen LogP contribution in [0.2, 0.25) is 0 Å². The van der Waals surface area contributed by atoms with E-state index in [-0.39, 0.29) is 48.1 Å². The molecule has 1 aromatic carbocycles. The molecule has 2 N–H and O–H groups in total. The quantitative estimate of drug-likeness (QED) is 0.334. The molecule has 1 aliphatic rings. The van der Waals surface area contributed by atoms with Crippen molar-refractivity contribution in [2.75, 3.05) is 26.2 Å². The third kappa shape index (κ3) is 9.01. The minimum absolute atomic E-state index is 0. The molecule has 0 radical (unpaired) electrons. The monoisotopic (exact) mass is 538 g/mol. The molecule has 0 saturated carbocycles. The number of carbonyl (C=O) groups excluding carboxylic acids is 1. The maximum absolute atomic E-state index is 13.8. The van der Waals surface area contributed by atoms with Crippen molar-refractivity contribution in [3.63, 3.8) is 0 Å². The lowest BCUT2D eigenvalue weighted by molar-refractivity contribution is 0.0168. The Labute approximate surface area is 194 Å². The number of ether oxygens (including phenoxy) is 1. The van der Waals surface area contributed by atoms with Crippen LogP contribution in [0.3, 0.4) is 0 Å². The Balaban J connectivity index is 0.00000450. The third-order valence-corrected chi connectivity index (χ3v) is 4.49. The Bertz CT molecular complexity index is 725. The zero-order chi connectivity index (χ0) is 21.4. The number of carbonyl (C=O) groups is 1. The summed E-state index contributed by atoms with van der Waals surface area (Å²) in [6.45, 7) is 10.1. The predicted octanol–water partition coefficient (Wildman–Crippen LogP) is 4.29. The summed E-state index contributed by atoms with van der Waals surface area (Å²) < 4.78 is 32.6. The summed E-state index contributed by atoms with van der Waals surface area (Å²) >= 11 is 0. The fourth-order valence-electron chi connectivity index (χ4n) is 3.14. The van der Waals surface area contributed by atoms with Gasteiger partial charge in [-0.05, 0) is 64.7 Å². The van der Waals surface area contributed by atoms with Gasteiger partial charge in [0.05, 0.1) is 6.54 Å². The molecular formula is C21H33F2IN4O2.